The highest BCUT2D eigenvalue weighted by atomic mass is 32.1. The number of aromatic carboxylic acids is 1. The molecule has 0 saturated heterocycles. The van der Waals surface area contributed by atoms with Crippen LogP contribution >= 0.6 is 11.3 Å². The summed E-state index contributed by atoms with van der Waals surface area (Å²) in [5, 5.41) is 12.2. The number of nitrogens with one attached hydrogen (secondary N) is 1. The zero-order valence-corrected chi connectivity index (χ0v) is 13.7. The quantitative estimate of drug-likeness (QED) is 0.875. The predicted octanol–water partition coefficient (Wildman–Crippen LogP) is 4.10. The molecule has 1 aliphatic rings. The van der Waals surface area contributed by atoms with E-state index in [4.69, 9.17) is 0 Å². The van der Waals surface area contributed by atoms with Crippen molar-refractivity contribution in [2.75, 3.05) is 5.32 Å². The number of carboxylic acids is 1. The predicted molar refractivity (Wildman–Crippen MR) is 86.8 cm³/mol. The van der Waals surface area contributed by atoms with E-state index in [1.54, 1.807) is 0 Å². The highest BCUT2D eigenvalue weighted by molar-refractivity contribution is 7.17. The van der Waals surface area contributed by atoms with E-state index in [1.165, 1.54) is 11.3 Å². The van der Waals surface area contributed by atoms with Gasteiger partial charge < -0.3 is 10.4 Å². The van der Waals surface area contributed by atoms with Crippen LogP contribution in [0.2, 0.25) is 0 Å². The van der Waals surface area contributed by atoms with Crippen LogP contribution in [-0.4, -0.2) is 17.0 Å². The number of benzene rings is 1. The van der Waals surface area contributed by atoms with E-state index in [-0.39, 0.29) is 16.1 Å². The highest BCUT2D eigenvalue weighted by Gasteiger charge is 2.28. The van der Waals surface area contributed by atoms with Crippen LogP contribution in [0.25, 0.3) is 0 Å². The Kier molecular flexibility index (Phi) is 4.36. The van der Waals surface area contributed by atoms with Crippen molar-refractivity contribution in [3.63, 3.8) is 0 Å². The van der Waals surface area contributed by atoms with Crippen molar-refractivity contribution in [3.8, 4) is 0 Å². The molecule has 2 aromatic rings. The van der Waals surface area contributed by atoms with Crippen molar-refractivity contribution in [3.05, 3.63) is 51.4 Å². The molecule has 24 heavy (non-hydrogen) atoms. The molecule has 4 nitrogen and oxygen atoms in total. The van der Waals surface area contributed by atoms with E-state index in [2.05, 4.69) is 12.2 Å². The normalized spacial score (nSPS) is 16.5. The second-order valence-corrected chi connectivity index (χ2v) is 7.04. The van der Waals surface area contributed by atoms with Gasteiger partial charge in [0.15, 0.2) is 0 Å². The van der Waals surface area contributed by atoms with Crippen LogP contribution in [0.1, 0.15) is 44.5 Å². The topological polar surface area (TPSA) is 66.4 Å². The van der Waals surface area contributed by atoms with Gasteiger partial charge in [-0.3, -0.25) is 4.79 Å². The number of fused-ring (bicyclic) bond motifs is 1. The lowest BCUT2D eigenvalue weighted by Gasteiger charge is -2.17. The molecule has 0 saturated carbocycles. The smallest absolute Gasteiger partial charge is 0.339 e. The van der Waals surface area contributed by atoms with Gasteiger partial charge >= 0.3 is 5.97 Å². The molecule has 1 aromatic heterocycles. The van der Waals surface area contributed by atoms with Gasteiger partial charge in [0, 0.05) is 10.9 Å². The van der Waals surface area contributed by atoms with Crippen molar-refractivity contribution in [2.45, 2.75) is 26.2 Å². The summed E-state index contributed by atoms with van der Waals surface area (Å²) in [6.07, 6.45) is 2.31. The third-order valence-electron chi connectivity index (χ3n) is 4.13. The summed E-state index contributed by atoms with van der Waals surface area (Å²) >= 11 is 1.22. The Bertz CT molecular complexity index is 831. The Morgan fingerprint density at radius 3 is 2.75 bits per heavy atom. The third-order valence-corrected chi connectivity index (χ3v) is 5.30. The molecule has 126 valence electrons. The van der Waals surface area contributed by atoms with Gasteiger partial charge in [0.05, 0.1) is 11.1 Å². The number of carboxylic acid groups (broad SMARTS) is 1. The molecule has 1 amide bonds. The number of hydrogen-bond acceptors (Lipinski definition) is 3. The molecule has 0 aliphatic heterocycles. The number of halogens is 2. The summed E-state index contributed by atoms with van der Waals surface area (Å²) in [6.45, 7) is 2.09. The lowest BCUT2D eigenvalue weighted by Crippen LogP contribution is -2.16. The first-order valence-corrected chi connectivity index (χ1v) is 8.32. The molecule has 0 radical (unpaired) electrons. The van der Waals surface area contributed by atoms with Crippen molar-refractivity contribution in [1.82, 2.24) is 0 Å². The summed E-state index contributed by atoms with van der Waals surface area (Å²) in [4.78, 5) is 24.8. The van der Waals surface area contributed by atoms with Gasteiger partial charge in [0.2, 0.25) is 0 Å². The number of carbonyl (C=O) groups is 2. The number of anilines is 1. The van der Waals surface area contributed by atoms with E-state index in [9.17, 15) is 23.5 Å². The molecular formula is C17H15F2NO3S. The largest absolute Gasteiger partial charge is 0.478 e. The fourth-order valence-corrected chi connectivity index (χ4v) is 4.31. The first-order valence-electron chi connectivity index (χ1n) is 7.51. The summed E-state index contributed by atoms with van der Waals surface area (Å²) in [5.74, 6) is -3.22. The summed E-state index contributed by atoms with van der Waals surface area (Å²) in [6, 6.07) is 2.64. The minimum Gasteiger partial charge on any atom is -0.478 e. The molecule has 7 heteroatoms. The number of rotatable bonds is 3. The van der Waals surface area contributed by atoms with Crippen LogP contribution in [0.4, 0.5) is 13.8 Å². The van der Waals surface area contributed by atoms with Gasteiger partial charge in [0.25, 0.3) is 5.91 Å². The lowest BCUT2D eigenvalue weighted by molar-refractivity contribution is 0.0697. The van der Waals surface area contributed by atoms with Gasteiger partial charge in [-0.05, 0) is 42.9 Å². The standard InChI is InChI=1S/C17H15F2NO3S/c1-8-2-4-11-13(6-8)24-16(14(11)17(22)23)20-15(21)10-5-3-9(18)7-12(10)19/h3,5,7-8H,2,4,6H2,1H3,(H,20,21)(H,22,23). The van der Waals surface area contributed by atoms with Crippen LogP contribution in [0.15, 0.2) is 18.2 Å². The molecule has 1 atom stereocenters. The second-order valence-electron chi connectivity index (χ2n) is 5.94. The molecule has 2 N–H and O–H groups in total. The molecule has 3 rings (SSSR count). The van der Waals surface area contributed by atoms with Crippen molar-refractivity contribution < 1.29 is 23.5 Å². The molecule has 0 fully saturated rings. The number of amides is 1. The van der Waals surface area contributed by atoms with Crippen LogP contribution in [0, 0.1) is 17.6 Å². The fraction of sp³-hybridized carbons (Fsp3) is 0.294. The summed E-state index contributed by atoms with van der Waals surface area (Å²) in [7, 11) is 0. The lowest BCUT2D eigenvalue weighted by atomic mass is 9.88. The Hall–Kier alpha value is -2.28. The van der Waals surface area contributed by atoms with Crippen molar-refractivity contribution in [1.29, 1.82) is 0 Å². The molecule has 1 unspecified atom stereocenters. The van der Waals surface area contributed by atoms with Crippen LogP contribution in [-0.2, 0) is 12.8 Å². The Morgan fingerprint density at radius 2 is 2.08 bits per heavy atom. The Labute approximate surface area is 141 Å². The monoisotopic (exact) mass is 351 g/mol. The maximum absolute atomic E-state index is 13.7. The average molecular weight is 351 g/mol. The van der Waals surface area contributed by atoms with Gasteiger partial charge in [-0.2, -0.15) is 0 Å². The first-order chi connectivity index (χ1) is 11.4. The minimum atomic E-state index is -1.11. The molecule has 1 aliphatic carbocycles. The van der Waals surface area contributed by atoms with Crippen molar-refractivity contribution in [2.24, 2.45) is 5.92 Å². The van der Waals surface area contributed by atoms with Gasteiger partial charge in [0.1, 0.15) is 16.6 Å². The molecule has 0 bridgehead atoms. The zero-order valence-electron chi connectivity index (χ0n) is 12.9. The van der Waals surface area contributed by atoms with Crippen molar-refractivity contribution >= 4 is 28.2 Å². The Morgan fingerprint density at radius 1 is 1.33 bits per heavy atom. The SMILES string of the molecule is CC1CCc2c(sc(NC(=O)c3ccc(F)cc3F)c2C(=O)O)C1. The summed E-state index contributed by atoms with van der Waals surface area (Å²) < 4.78 is 26.7. The number of carbonyl (C=O) groups excluding carboxylic acids is 1. The van der Waals surface area contributed by atoms with Crippen LogP contribution in [0.5, 0.6) is 0 Å². The number of thiophene rings is 1. The van der Waals surface area contributed by atoms with Gasteiger partial charge in [-0.1, -0.05) is 6.92 Å². The van der Waals surface area contributed by atoms with Crippen LogP contribution < -0.4 is 5.32 Å². The van der Waals surface area contributed by atoms with E-state index in [0.717, 1.165) is 35.4 Å². The van der Waals surface area contributed by atoms with E-state index < -0.39 is 23.5 Å². The molecular weight excluding hydrogens is 336 g/mol. The average Bonchev–Trinajstić information content (AvgIpc) is 2.83. The van der Waals surface area contributed by atoms with E-state index in [0.29, 0.717) is 18.4 Å². The number of hydrogen-bond donors (Lipinski definition) is 2. The third kappa shape index (κ3) is 3.03. The maximum atomic E-state index is 13.7. The first kappa shape index (κ1) is 16.6. The summed E-state index contributed by atoms with van der Waals surface area (Å²) in [5.41, 5.74) is 0.505. The molecule has 0 spiro atoms. The molecule has 1 aromatic carbocycles. The minimum absolute atomic E-state index is 0.0813. The van der Waals surface area contributed by atoms with Crippen LogP contribution in [0.3, 0.4) is 0 Å². The van der Waals surface area contributed by atoms with E-state index >= 15 is 0 Å². The molecule has 1 heterocycles. The van der Waals surface area contributed by atoms with Gasteiger partial charge in [-0.25, -0.2) is 13.6 Å². The maximum Gasteiger partial charge on any atom is 0.339 e. The Balaban J connectivity index is 1.95. The second kappa shape index (κ2) is 6.32. The highest BCUT2D eigenvalue weighted by Crippen LogP contribution is 2.39. The fourth-order valence-electron chi connectivity index (χ4n) is 2.91. The van der Waals surface area contributed by atoms with E-state index in [1.807, 2.05) is 0 Å². The van der Waals surface area contributed by atoms with Gasteiger partial charge in [-0.15, -0.1) is 11.3 Å². The zero-order chi connectivity index (χ0) is 17.4.